The molecule has 1 atom stereocenters. The number of aromatic nitrogens is 2. The van der Waals surface area contributed by atoms with Crippen LogP contribution in [0.1, 0.15) is 12.0 Å². The SMILES string of the molecule is Cn1ccc(NC(=O)[C@@H](C#N)C(=O)CCc2ccc(F)cc2)n1. The van der Waals surface area contributed by atoms with E-state index in [0.29, 0.717) is 6.42 Å². The van der Waals surface area contributed by atoms with E-state index in [4.69, 9.17) is 5.26 Å². The lowest BCUT2D eigenvalue weighted by atomic mass is 9.98. The number of ketones is 1. The van der Waals surface area contributed by atoms with Crippen LogP contribution in [-0.2, 0) is 23.1 Å². The van der Waals surface area contributed by atoms with Crippen molar-refractivity contribution in [1.29, 1.82) is 5.26 Å². The van der Waals surface area contributed by atoms with Crippen LogP contribution < -0.4 is 5.32 Å². The Morgan fingerprint density at radius 2 is 2.04 bits per heavy atom. The third-order valence-electron chi connectivity index (χ3n) is 3.25. The van der Waals surface area contributed by atoms with Crippen molar-refractivity contribution in [3.63, 3.8) is 0 Å². The fraction of sp³-hybridized carbons (Fsp3) is 0.250. The van der Waals surface area contributed by atoms with Gasteiger partial charge < -0.3 is 5.32 Å². The van der Waals surface area contributed by atoms with Gasteiger partial charge in [0.1, 0.15) is 5.82 Å². The molecule has 23 heavy (non-hydrogen) atoms. The number of nitriles is 1. The van der Waals surface area contributed by atoms with E-state index in [9.17, 15) is 14.0 Å². The van der Waals surface area contributed by atoms with E-state index in [1.807, 2.05) is 0 Å². The van der Waals surface area contributed by atoms with Gasteiger partial charge in [-0.2, -0.15) is 10.4 Å². The van der Waals surface area contributed by atoms with Crippen LogP contribution in [0.3, 0.4) is 0 Å². The normalized spacial score (nSPS) is 11.5. The first-order valence-corrected chi connectivity index (χ1v) is 6.97. The molecule has 1 N–H and O–H groups in total. The molecule has 0 unspecified atom stereocenters. The van der Waals surface area contributed by atoms with Crippen LogP contribution >= 0.6 is 0 Å². The predicted molar refractivity (Wildman–Crippen MR) is 80.7 cm³/mol. The summed E-state index contributed by atoms with van der Waals surface area (Å²) in [5.74, 6) is -2.65. The smallest absolute Gasteiger partial charge is 0.250 e. The molecule has 2 rings (SSSR count). The van der Waals surface area contributed by atoms with Crippen LogP contribution in [0.25, 0.3) is 0 Å². The van der Waals surface area contributed by atoms with Crippen LogP contribution in [0.4, 0.5) is 10.2 Å². The first-order chi connectivity index (χ1) is 11.0. The number of halogens is 1. The Morgan fingerprint density at radius 3 is 2.61 bits per heavy atom. The molecule has 2 aromatic rings. The largest absolute Gasteiger partial charge is 0.308 e. The number of nitrogens with zero attached hydrogens (tertiary/aromatic N) is 3. The Labute approximate surface area is 132 Å². The maximum atomic E-state index is 12.8. The molecule has 0 saturated heterocycles. The van der Waals surface area contributed by atoms with Crippen molar-refractivity contribution in [1.82, 2.24) is 9.78 Å². The zero-order valence-electron chi connectivity index (χ0n) is 12.5. The van der Waals surface area contributed by atoms with Crippen molar-refractivity contribution in [3.05, 3.63) is 47.9 Å². The number of benzene rings is 1. The molecule has 0 radical (unpaired) electrons. The van der Waals surface area contributed by atoms with E-state index >= 15 is 0 Å². The number of hydrogen-bond donors (Lipinski definition) is 1. The van der Waals surface area contributed by atoms with Gasteiger partial charge >= 0.3 is 0 Å². The van der Waals surface area contributed by atoms with E-state index in [1.165, 1.54) is 16.8 Å². The summed E-state index contributed by atoms with van der Waals surface area (Å²) in [4.78, 5) is 24.1. The maximum Gasteiger partial charge on any atom is 0.250 e. The summed E-state index contributed by atoms with van der Waals surface area (Å²) >= 11 is 0. The Bertz CT molecular complexity index is 746. The standard InChI is InChI=1S/C16H15FN4O2/c1-21-9-8-15(20-21)19-16(23)13(10-18)14(22)7-4-11-2-5-12(17)6-3-11/h2-3,5-6,8-9,13H,4,7H2,1H3,(H,19,20,23)/t13-/m0/s1. The van der Waals surface area contributed by atoms with E-state index in [1.54, 1.807) is 37.5 Å². The molecule has 0 aliphatic rings. The highest BCUT2D eigenvalue weighted by molar-refractivity contribution is 6.09. The predicted octanol–water partition coefficient (Wildman–Crippen LogP) is 1.84. The number of carbonyl (C=O) groups is 2. The van der Waals surface area contributed by atoms with Gasteiger partial charge in [0.2, 0.25) is 0 Å². The van der Waals surface area contributed by atoms with Crippen molar-refractivity contribution in [2.24, 2.45) is 13.0 Å². The molecular weight excluding hydrogens is 299 g/mol. The van der Waals surface area contributed by atoms with Crippen LogP contribution in [-0.4, -0.2) is 21.5 Å². The average Bonchev–Trinajstić information content (AvgIpc) is 2.92. The molecule has 7 heteroatoms. The van der Waals surface area contributed by atoms with Crippen molar-refractivity contribution >= 4 is 17.5 Å². The molecule has 118 valence electrons. The number of Topliss-reactive ketones (excluding diaryl/α,β-unsaturated/α-hetero) is 1. The van der Waals surface area contributed by atoms with Crippen molar-refractivity contribution in [3.8, 4) is 6.07 Å². The van der Waals surface area contributed by atoms with Gasteiger partial charge in [-0.15, -0.1) is 0 Å². The lowest BCUT2D eigenvalue weighted by Gasteiger charge is -2.08. The highest BCUT2D eigenvalue weighted by atomic mass is 19.1. The Morgan fingerprint density at radius 1 is 1.35 bits per heavy atom. The Kier molecular flexibility index (Phi) is 5.20. The van der Waals surface area contributed by atoms with E-state index in [0.717, 1.165) is 5.56 Å². The molecule has 0 saturated carbocycles. The highest BCUT2D eigenvalue weighted by Gasteiger charge is 2.26. The molecule has 6 nitrogen and oxygen atoms in total. The van der Waals surface area contributed by atoms with E-state index in [2.05, 4.69) is 10.4 Å². The molecule has 1 heterocycles. The zero-order valence-corrected chi connectivity index (χ0v) is 12.5. The van der Waals surface area contributed by atoms with Gasteiger partial charge in [-0.1, -0.05) is 12.1 Å². The third-order valence-corrected chi connectivity index (χ3v) is 3.25. The highest BCUT2D eigenvalue weighted by Crippen LogP contribution is 2.11. The lowest BCUT2D eigenvalue weighted by Crippen LogP contribution is -2.29. The number of carbonyl (C=O) groups excluding carboxylic acids is 2. The fourth-order valence-electron chi connectivity index (χ4n) is 2.02. The molecule has 0 fully saturated rings. The minimum absolute atomic E-state index is 0.0273. The minimum Gasteiger partial charge on any atom is -0.308 e. The zero-order chi connectivity index (χ0) is 16.8. The second-order valence-corrected chi connectivity index (χ2v) is 5.02. The van der Waals surface area contributed by atoms with Gasteiger partial charge in [0, 0.05) is 25.7 Å². The summed E-state index contributed by atoms with van der Waals surface area (Å²) in [5, 5.41) is 15.5. The van der Waals surface area contributed by atoms with Crippen molar-refractivity contribution in [2.75, 3.05) is 5.32 Å². The first-order valence-electron chi connectivity index (χ1n) is 6.97. The van der Waals surface area contributed by atoms with Gasteiger partial charge in [0.05, 0.1) is 6.07 Å². The number of aryl methyl sites for hydroxylation is 2. The van der Waals surface area contributed by atoms with Crippen LogP contribution in [0.2, 0.25) is 0 Å². The summed E-state index contributed by atoms with van der Waals surface area (Å²) in [5.41, 5.74) is 0.765. The van der Waals surface area contributed by atoms with Crippen LogP contribution in [0, 0.1) is 23.1 Å². The maximum absolute atomic E-state index is 12.8. The Hall–Kier alpha value is -3.01. The average molecular weight is 314 g/mol. The molecule has 0 aliphatic heterocycles. The van der Waals surface area contributed by atoms with Gasteiger partial charge in [-0.3, -0.25) is 14.3 Å². The summed E-state index contributed by atoms with van der Waals surface area (Å²) in [6.45, 7) is 0. The summed E-state index contributed by atoms with van der Waals surface area (Å²) in [6.07, 6.45) is 2.00. The van der Waals surface area contributed by atoms with Gasteiger partial charge in [-0.25, -0.2) is 4.39 Å². The number of amides is 1. The monoisotopic (exact) mass is 314 g/mol. The number of rotatable bonds is 6. The quantitative estimate of drug-likeness (QED) is 0.824. The molecule has 0 spiro atoms. The molecule has 1 aromatic carbocycles. The molecule has 0 bridgehead atoms. The second kappa shape index (κ2) is 7.31. The summed E-state index contributed by atoms with van der Waals surface area (Å²) in [7, 11) is 1.69. The molecule has 1 amide bonds. The second-order valence-electron chi connectivity index (χ2n) is 5.02. The molecule has 0 aliphatic carbocycles. The lowest BCUT2D eigenvalue weighted by molar-refractivity contribution is -0.128. The number of hydrogen-bond acceptors (Lipinski definition) is 4. The number of anilines is 1. The Balaban J connectivity index is 1.93. The number of nitrogens with one attached hydrogen (secondary N) is 1. The van der Waals surface area contributed by atoms with Crippen LogP contribution in [0.15, 0.2) is 36.5 Å². The minimum atomic E-state index is -1.39. The van der Waals surface area contributed by atoms with Gasteiger partial charge in [0.15, 0.2) is 17.5 Å². The summed E-state index contributed by atoms with van der Waals surface area (Å²) < 4.78 is 14.3. The van der Waals surface area contributed by atoms with Gasteiger partial charge in [0.25, 0.3) is 5.91 Å². The first kappa shape index (κ1) is 16.4. The van der Waals surface area contributed by atoms with Gasteiger partial charge in [-0.05, 0) is 24.1 Å². The molecular formula is C16H15FN4O2. The van der Waals surface area contributed by atoms with E-state index < -0.39 is 17.6 Å². The molecule has 1 aromatic heterocycles. The fourth-order valence-corrected chi connectivity index (χ4v) is 2.02. The van der Waals surface area contributed by atoms with Crippen LogP contribution in [0.5, 0.6) is 0 Å². The van der Waals surface area contributed by atoms with Crippen molar-refractivity contribution < 1.29 is 14.0 Å². The van der Waals surface area contributed by atoms with Crippen molar-refractivity contribution in [2.45, 2.75) is 12.8 Å². The topological polar surface area (TPSA) is 87.8 Å². The summed E-state index contributed by atoms with van der Waals surface area (Å²) in [6, 6.07) is 9.02. The van der Waals surface area contributed by atoms with E-state index in [-0.39, 0.29) is 18.1 Å². The third kappa shape index (κ3) is 4.48.